The molecule has 0 aliphatic rings. The molecule has 1 aromatic carbocycles. The van der Waals surface area contributed by atoms with Crippen LogP contribution in [-0.2, 0) is 4.74 Å². The van der Waals surface area contributed by atoms with Gasteiger partial charge in [0.2, 0.25) is 0 Å². The van der Waals surface area contributed by atoms with Crippen molar-refractivity contribution >= 4 is 28.6 Å². The number of nitrogens with zero attached hydrogens (tertiary/aromatic N) is 1. The molecule has 0 unspecified atom stereocenters. The summed E-state index contributed by atoms with van der Waals surface area (Å²) in [6, 6.07) is 3.29. The highest BCUT2D eigenvalue weighted by Crippen LogP contribution is 2.25. The van der Waals surface area contributed by atoms with Gasteiger partial charge in [0.05, 0.1) is 22.7 Å². The molecule has 1 N–H and O–H groups in total. The number of rotatable bonds is 2. The van der Waals surface area contributed by atoms with E-state index in [1.165, 1.54) is 0 Å². The van der Waals surface area contributed by atoms with Gasteiger partial charge in [-0.1, -0.05) is 11.6 Å². The molecule has 4 nitrogen and oxygen atoms in total. The van der Waals surface area contributed by atoms with E-state index in [9.17, 15) is 4.79 Å². The smallest absolute Gasteiger partial charge is 0.340 e. The zero-order chi connectivity index (χ0) is 11.7. The lowest BCUT2D eigenvalue weighted by Gasteiger charge is -2.03. The third kappa shape index (κ3) is 1.76. The Morgan fingerprint density at radius 2 is 2.31 bits per heavy atom. The number of ether oxygens (including phenoxy) is 1. The number of fused-ring (bicyclic) bond motifs is 1. The summed E-state index contributed by atoms with van der Waals surface area (Å²) in [4.78, 5) is 18.9. The van der Waals surface area contributed by atoms with Crippen molar-refractivity contribution in [2.24, 2.45) is 0 Å². The Bertz CT molecular complexity index is 548. The van der Waals surface area contributed by atoms with E-state index in [4.69, 9.17) is 16.3 Å². The van der Waals surface area contributed by atoms with Gasteiger partial charge in [0.25, 0.3) is 0 Å². The molecule has 0 atom stereocenters. The summed E-state index contributed by atoms with van der Waals surface area (Å²) in [5.74, 6) is 0.349. The molecule has 0 spiro atoms. The lowest BCUT2D eigenvalue weighted by atomic mass is 10.2. The molecule has 0 bridgehead atoms. The van der Waals surface area contributed by atoms with Crippen LogP contribution in [0, 0.1) is 6.92 Å². The van der Waals surface area contributed by atoms with Crippen molar-refractivity contribution in [1.29, 1.82) is 0 Å². The molecule has 1 aromatic heterocycles. The molecule has 5 heteroatoms. The summed E-state index contributed by atoms with van der Waals surface area (Å²) >= 11 is 5.99. The van der Waals surface area contributed by atoms with Crippen molar-refractivity contribution in [3.63, 3.8) is 0 Å². The summed E-state index contributed by atoms with van der Waals surface area (Å²) in [5, 5.41) is 0.521. The molecule has 2 rings (SSSR count). The fraction of sp³-hybridized carbons (Fsp3) is 0.273. The van der Waals surface area contributed by atoms with Gasteiger partial charge in [0.15, 0.2) is 0 Å². The molecule has 16 heavy (non-hydrogen) atoms. The number of H-pyrrole nitrogens is 1. The Balaban J connectivity index is 2.62. The van der Waals surface area contributed by atoms with Gasteiger partial charge in [-0.15, -0.1) is 0 Å². The highest BCUT2D eigenvalue weighted by Gasteiger charge is 2.15. The predicted octanol–water partition coefficient (Wildman–Crippen LogP) is 2.70. The van der Waals surface area contributed by atoms with E-state index >= 15 is 0 Å². The van der Waals surface area contributed by atoms with Gasteiger partial charge in [-0.2, -0.15) is 0 Å². The van der Waals surface area contributed by atoms with Gasteiger partial charge >= 0.3 is 5.97 Å². The number of hydrogen-bond acceptors (Lipinski definition) is 3. The minimum absolute atomic E-state index is 0.343. The van der Waals surface area contributed by atoms with Crippen molar-refractivity contribution in [1.82, 2.24) is 9.97 Å². The van der Waals surface area contributed by atoms with Crippen LogP contribution in [0.2, 0.25) is 5.02 Å². The number of imidazole rings is 1. The van der Waals surface area contributed by atoms with E-state index in [2.05, 4.69) is 9.97 Å². The molecular formula is C11H11ClN2O2. The van der Waals surface area contributed by atoms with Crippen LogP contribution in [-0.4, -0.2) is 22.5 Å². The molecule has 0 amide bonds. The lowest BCUT2D eigenvalue weighted by Crippen LogP contribution is -2.05. The largest absolute Gasteiger partial charge is 0.462 e. The van der Waals surface area contributed by atoms with Crippen LogP contribution in [0.15, 0.2) is 12.1 Å². The van der Waals surface area contributed by atoms with E-state index in [1.54, 1.807) is 19.1 Å². The summed E-state index contributed by atoms with van der Waals surface area (Å²) in [6.07, 6.45) is 0. The highest BCUT2D eigenvalue weighted by molar-refractivity contribution is 6.35. The van der Waals surface area contributed by atoms with Gasteiger partial charge in [-0.05, 0) is 26.0 Å². The van der Waals surface area contributed by atoms with Crippen molar-refractivity contribution in [2.45, 2.75) is 13.8 Å². The van der Waals surface area contributed by atoms with Crippen LogP contribution in [0.5, 0.6) is 0 Å². The Hall–Kier alpha value is -1.55. The van der Waals surface area contributed by atoms with Gasteiger partial charge in [0, 0.05) is 0 Å². The number of halogens is 1. The van der Waals surface area contributed by atoms with Crippen molar-refractivity contribution in [2.75, 3.05) is 6.61 Å². The van der Waals surface area contributed by atoms with Gasteiger partial charge in [0.1, 0.15) is 11.3 Å². The Kier molecular flexibility index (Phi) is 2.83. The Morgan fingerprint density at radius 3 is 3.00 bits per heavy atom. The molecule has 0 aliphatic carbocycles. The topological polar surface area (TPSA) is 55.0 Å². The molecule has 0 fully saturated rings. The Morgan fingerprint density at radius 1 is 1.56 bits per heavy atom. The molecule has 0 saturated heterocycles. The zero-order valence-electron chi connectivity index (χ0n) is 9.00. The molecule has 0 radical (unpaired) electrons. The summed E-state index contributed by atoms with van der Waals surface area (Å²) in [7, 11) is 0. The Labute approximate surface area is 97.6 Å². The molecular weight excluding hydrogens is 228 g/mol. The average Bonchev–Trinajstić information content (AvgIpc) is 2.61. The van der Waals surface area contributed by atoms with Crippen LogP contribution < -0.4 is 0 Å². The number of aromatic amines is 1. The summed E-state index contributed by atoms with van der Waals surface area (Å²) in [6.45, 7) is 3.92. The normalized spacial score (nSPS) is 10.7. The third-order valence-corrected chi connectivity index (χ3v) is 2.51. The van der Waals surface area contributed by atoms with Crippen LogP contribution in [0.4, 0.5) is 0 Å². The van der Waals surface area contributed by atoms with Crippen LogP contribution in [0.25, 0.3) is 11.0 Å². The minimum atomic E-state index is -0.368. The number of carbonyl (C=O) groups excluding carboxylic acids is 1. The SMILES string of the molecule is CCOC(=O)c1ccc(Cl)c2nc(C)[nH]c12. The van der Waals surface area contributed by atoms with E-state index < -0.39 is 0 Å². The number of aryl methyl sites for hydroxylation is 1. The molecule has 0 saturated carbocycles. The molecule has 2 aromatic rings. The van der Waals surface area contributed by atoms with Crippen LogP contribution >= 0.6 is 11.6 Å². The standard InChI is InChI=1S/C11H11ClN2O2/c1-3-16-11(15)7-4-5-8(12)10-9(7)13-6(2)14-10/h4-5H,3H2,1-2H3,(H,13,14). The number of aromatic nitrogens is 2. The zero-order valence-corrected chi connectivity index (χ0v) is 9.76. The third-order valence-electron chi connectivity index (χ3n) is 2.21. The number of esters is 1. The van der Waals surface area contributed by atoms with Crippen LogP contribution in [0.3, 0.4) is 0 Å². The lowest BCUT2D eigenvalue weighted by molar-refractivity contribution is 0.0528. The number of hydrogen-bond donors (Lipinski definition) is 1. The quantitative estimate of drug-likeness (QED) is 0.819. The molecule has 84 valence electrons. The number of benzene rings is 1. The first-order chi connectivity index (χ1) is 7.63. The second kappa shape index (κ2) is 4.14. The predicted molar refractivity (Wildman–Crippen MR) is 61.8 cm³/mol. The van der Waals surface area contributed by atoms with Crippen LogP contribution in [0.1, 0.15) is 23.1 Å². The van der Waals surface area contributed by atoms with Crippen molar-refractivity contribution in [3.8, 4) is 0 Å². The first-order valence-corrected chi connectivity index (χ1v) is 5.33. The minimum Gasteiger partial charge on any atom is -0.462 e. The molecule has 0 aliphatic heterocycles. The fourth-order valence-electron chi connectivity index (χ4n) is 1.56. The van der Waals surface area contributed by atoms with Crippen molar-refractivity contribution in [3.05, 3.63) is 28.5 Å². The van der Waals surface area contributed by atoms with Gasteiger partial charge < -0.3 is 9.72 Å². The second-order valence-corrected chi connectivity index (χ2v) is 3.77. The first kappa shape index (κ1) is 11.0. The fourth-order valence-corrected chi connectivity index (χ4v) is 1.76. The summed E-state index contributed by atoms with van der Waals surface area (Å²) < 4.78 is 4.96. The maximum absolute atomic E-state index is 11.7. The van der Waals surface area contributed by atoms with E-state index in [-0.39, 0.29) is 5.97 Å². The number of carbonyl (C=O) groups is 1. The number of nitrogens with one attached hydrogen (secondary N) is 1. The second-order valence-electron chi connectivity index (χ2n) is 3.36. The molecule has 1 heterocycles. The average molecular weight is 239 g/mol. The van der Waals surface area contributed by atoms with Crippen molar-refractivity contribution < 1.29 is 9.53 Å². The van der Waals surface area contributed by atoms with Gasteiger partial charge in [-0.3, -0.25) is 0 Å². The van der Waals surface area contributed by atoms with E-state index in [0.717, 1.165) is 0 Å². The summed E-state index contributed by atoms with van der Waals surface area (Å²) in [5.41, 5.74) is 1.69. The first-order valence-electron chi connectivity index (χ1n) is 4.95. The maximum Gasteiger partial charge on any atom is 0.340 e. The maximum atomic E-state index is 11.7. The van der Waals surface area contributed by atoms with E-state index in [0.29, 0.717) is 34.1 Å². The highest BCUT2D eigenvalue weighted by atomic mass is 35.5. The monoisotopic (exact) mass is 238 g/mol. The van der Waals surface area contributed by atoms with Gasteiger partial charge in [-0.25, -0.2) is 9.78 Å². The van der Waals surface area contributed by atoms with E-state index in [1.807, 2.05) is 6.92 Å².